The molecule has 0 aromatic heterocycles. The number of hydrogen-bond acceptors (Lipinski definition) is 6. The van der Waals surface area contributed by atoms with Crippen LogP contribution in [0.5, 0.6) is 0 Å². The Bertz CT molecular complexity index is 565. The van der Waals surface area contributed by atoms with Gasteiger partial charge in [-0.2, -0.15) is 18.3 Å². The van der Waals surface area contributed by atoms with Crippen molar-refractivity contribution in [3.8, 4) is 0 Å². The van der Waals surface area contributed by atoms with Crippen LogP contribution in [0.15, 0.2) is 46.3 Å². The molecule has 0 atom stereocenters. The van der Waals surface area contributed by atoms with Gasteiger partial charge in [-0.15, -0.1) is 0 Å². The van der Waals surface area contributed by atoms with Gasteiger partial charge in [0, 0.05) is 33.9 Å². The van der Waals surface area contributed by atoms with Crippen LogP contribution < -0.4 is 17.0 Å². The van der Waals surface area contributed by atoms with Crippen molar-refractivity contribution in [1.82, 2.24) is 15.2 Å². The first kappa shape index (κ1) is 22.8. The molecule has 0 saturated carbocycles. The molecule has 0 aliphatic carbocycles. The lowest BCUT2D eigenvalue weighted by Gasteiger charge is -2.26. The number of likely N-dealkylation sites (N-methyl/N-ethyl adjacent to an activating group) is 1. The van der Waals surface area contributed by atoms with Crippen LogP contribution in [0.25, 0.3) is 0 Å². The van der Waals surface area contributed by atoms with Crippen LogP contribution in [0.3, 0.4) is 0 Å². The van der Waals surface area contributed by atoms with E-state index < -0.39 is 11.9 Å². The molecule has 0 aromatic rings. The predicted molar refractivity (Wildman–Crippen MR) is 95.8 cm³/mol. The molecule has 0 heterocycles. The lowest BCUT2D eigenvalue weighted by Crippen LogP contribution is -2.42. The van der Waals surface area contributed by atoms with Crippen LogP contribution in [0, 0.1) is 0 Å². The third-order valence-electron chi connectivity index (χ3n) is 2.86. The van der Waals surface area contributed by atoms with E-state index in [1.807, 2.05) is 0 Å². The summed E-state index contributed by atoms with van der Waals surface area (Å²) in [5, 5.41) is 6.94. The Morgan fingerprint density at radius 1 is 1.32 bits per heavy atom. The van der Waals surface area contributed by atoms with E-state index in [1.54, 1.807) is 6.08 Å². The fourth-order valence-electron chi connectivity index (χ4n) is 1.61. The van der Waals surface area contributed by atoms with Crippen molar-refractivity contribution in [3.63, 3.8) is 0 Å². The molecule has 0 unspecified atom stereocenters. The van der Waals surface area contributed by atoms with Gasteiger partial charge >= 0.3 is 6.18 Å². The van der Waals surface area contributed by atoms with E-state index in [2.05, 4.69) is 22.0 Å². The number of rotatable bonds is 8. The average Bonchev–Trinajstić information content (AvgIpc) is 2.53. The average molecular weight is 382 g/mol. The third kappa shape index (κ3) is 9.01. The summed E-state index contributed by atoms with van der Waals surface area (Å²) in [4.78, 5) is 5.05. The zero-order valence-corrected chi connectivity index (χ0v) is 15.1. The molecule has 0 rings (SSSR count). The summed E-state index contributed by atoms with van der Waals surface area (Å²) < 4.78 is 38.9. The first-order chi connectivity index (χ1) is 11.5. The summed E-state index contributed by atoms with van der Waals surface area (Å²) in [5.74, 6) is 11.0. The van der Waals surface area contributed by atoms with Crippen LogP contribution in [0.1, 0.15) is 0 Å². The van der Waals surface area contributed by atoms with Gasteiger partial charge < -0.3 is 16.1 Å². The van der Waals surface area contributed by atoms with Crippen LogP contribution in [-0.2, 0) is 0 Å². The minimum Gasteiger partial charge on any atom is -0.383 e. The molecule has 0 aliphatic heterocycles. The van der Waals surface area contributed by atoms with Gasteiger partial charge in [-0.25, -0.2) is 5.84 Å². The molecule has 0 aliphatic rings. The zero-order chi connectivity index (χ0) is 19.6. The van der Waals surface area contributed by atoms with E-state index in [0.29, 0.717) is 5.57 Å². The summed E-state index contributed by atoms with van der Waals surface area (Å²) in [6.07, 6.45) is -0.601. The normalized spacial score (nSPS) is 14.0. The lowest BCUT2D eigenvalue weighted by atomic mass is 10.2. The molecule has 25 heavy (non-hydrogen) atoms. The fraction of sp³-hybridized carbons (Fsp3) is 0.429. The summed E-state index contributed by atoms with van der Waals surface area (Å²) >= 11 is 5.74. The highest BCUT2D eigenvalue weighted by molar-refractivity contribution is 6.68. The SMILES string of the molecule is C=C(/C=C\C(Cl)=NC)CN(/C=C(\NC)C(F)(F)F)C/C(=N/N)N(C)N. The maximum absolute atomic E-state index is 13.0. The van der Waals surface area contributed by atoms with Crippen molar-refractivity contribution >= 4 is 22.6 Å². The number of amidine groups is 1. The lowest BCUT2D eigenvalue weighted by molar-refractivity contribution is -0.0971. The summed E-state index contributed by atoms with van der Waals surface area (Å²) in [6, 6.07) is 0. The monoisotopic (exact) mass is 381 g/mol. The zero-order valence-electron chi connectivity index (χ0n) is 14.3. The van der Waals surface area contributed by atoms with Gasteiger partial charge in [0.1, 0.15) is 10.9 Å². The highest BCUT2D eigenvalue weighted by Gasteiger charge is 2.33. The second kappa shape index (κ2) is 10.6. The molecular formula is C14H23ClF3N7. The van der Waals surface area contributed by atoms with Gasteiger partial charge in [-0.05, 0) is 11.6 Å². The van der Waals surface area contributed by atoms with E-state index in [-0.39, 0.29) is 24.1 Å². The Kier molecular flexibility index (Phi) is 9.69. The Morgan fingerprint density at radius 2 is 1.92 bits per heavy atom. The Morgan fingerprint density at radius 3 is 2.32 bits per heavy atom. The summed E-state index contributed by atoms with van der Waals surface area (Å²) in [7, 11) is 4.16. The molecular weight excluding hydrogens is 359 g/mol. The number of hydrazine groups is 1. The molecule has 0 amide bonds. The van der Waals surface area contributed by atoms with Gasteiger partial charge in [0.05, 0.1) is 6.54 Å². The van der Waals surface area contributed by atoms with Crippen molar-refractivity contribution in [2.75, 3.05) is 34.2 Å². The molecule has 0 bridgehead atoms. The molecule has 0 radical (unpaired) electrons. The molecule has 0 aromatic carbocycles. The number of allylic oxidation sites excluding steroid dienone is 2. The Hall–Kier alpha value is -2.20. The van der Waals surface area contributed by atoms with Crippen LogP contribution >= 0.6 is 11.6 Å². The first-order valence-corrected chi connectivity index (χ1v) is 7.37. The Balaban J connectivity index is 5.50. The fourth-order valence-corrected chi connectivity index (χ4v) is 1.67. The van der Waals surface area contributed by atoms with Crippen molar-refractivity contribution in [3.05, 3.63) is 36.2 Å². The number of nitrogens with one attached hydrogen (secondary N) is 1. The van der Waals surface area contributed by atoms with Crippen molar-refractivity contribution in [2.24, 2.45) is 21.8 Å². The second-order valence-corrected chi connectivity index (χ2v) is 5.28. The van der Waals surface area contributed by atoms with Gasteiger partial charge in [-0.3, -0.25) is 10.0 Å². The van der Waals surface area contributed by atoms with E-state index in [4.69, 9.17) is 23.3 Å². The maximum Gasteiger partial charge on any atom is 0.432 e. The number of halogens is 4. The van der Waals surface area contributed by atoms with Crippen LogP contribution in [0.4, 0.5) is 13.2 Å². The Labute approximate surface area is 150 Å². The van der Waals surface area contributed by atoms with Gasteiger partial charge in [0.25, 0.3) is 0 Å². The standard InChI is InChI=1S/C14H23ClF3N7/c1-10(5-6-12(15)22-3)7-25(9-13(23-19)24(4)20)8-11(21-2)14(16,17)18/h5-6,8,21H,1,7,9,19-20H2,2-4H3/b6-5-,11-8-,22-12?,23-13-. The molecule has 0 fully saturated rings. The minimum atomic E-state index is -4.54. The van der Waals surface area contributed by atoms with E-state index in [0.717, 1.165) is 11.2 Å². The van der Waals surface area contributed by atoms with Gasteiger partial charge in [-0.1, -0.05) is 24.3 Å². The minimum absolute atomic E-state index is 0.0541. The van der Waals surface area contributed by atoms with E-state index in [9.17, 15) is 13.2 Å². The third-order valence-corrected chi connectivity index (χ3v) is 3.16. The van der Waals surface area contributed by atoms with E-state index in [1.165, 1.54) is 32.1 Å². The van der Waals surface area contributed by atoms with Crippen molar-refractivity contribution < 1.29 is 13.2 Å². The van der Waals surface area contributed by atoms with E-state index >= 15 is 0 Å². The number of hydrogen-bond donors (Lipinski definition) is 3. The topological polar surface area (TPSA) is 95.3 Å². The van der Waals surface area contributed by atoms with Gasteiger partial charge in [0.2, 0.25) is 0 Å². The molecule has 7 nitrogen and oxygen atoms in total. The predicted octanol–water partition coefficient (Wildman–Crippen LogP) is 1.37. The molecule has 11 heteroatoms. The smallest absolute Gasteiger partial charge is 0.383 e. The number of nitrogens with two attached hydrogens (primary N) is 2. The number of aliphatic imine (C=N–C) groups is 1. The highest BCUT2D eigenvalue weighted by Crippen LogP contribution is 2.23. The highest BCUT2D eigenvalue weighted by atomic mass is 35.5. The maximum atomic E-state index is 13.0. The first-order valence-electron chi connectivity index (χ1n) is 6.99. The van der Waals surface area contributed by atoms with Crippen molar-refractivity contribution in [1.29, 1.82) is 0 Å². The molecule has 5 N–H and O–H groups in total. The summed E-state index contributed by atoms with van der Waals surface area (Å²) in [5.41, 5.74) is -0.444. The van der Waals surface area contributed by atoms with Crippen LogP contribution in [-0.4, -0.2) is 61.3 Å². The van der Waals surface area contributed by atoms with Crippen LogP contribution in [0.2, 0.25) is 0 Å². The van der Waals surface area contributed by atoms with Crippen molar-refractivity contribution in [2.45, 2.75) is 6.18 Å². The number of alkyl halides is 3. The van der Waals surface area contributed by atoms with Gasteiger partial charge in [0.15, 0.2) is 5.84 Å². The quantitative estimate of drug-likeness (QED) is 0.194. The molecule has 0 spiro atoms. The summed E-state index contributed by atoms with van der Waals surface area (Å²) in [6.45, 7) is 3.78. The second-order valence-electron chi connectivity index (χ2n) is 4.89. The largest absolute Gasteiger partial charge is 0.432 e. The number of nitrogens with zero attached hydrogens (tertiary/aromatic N) is 4. The number of hydrazone groups is 1. The molecule has 142 valence electrons. The molecule has 0 saturated heterocycles.